The van der Waals surface area contributed by atoms with Crippen molar-refractivity contribution in [3.8, 4) is 56.1 Å². The van der Waals surface area contributed by atoms with Gasteiger partial charge >= 0.3 is 0 Å². The van der Waals surface area contributed by atoms with E-state index in [1.807, 2.05) is 0 Å². The van der Waals surface area contributed by atoms with Crippen molar-refractivity contribution in [2.75, 3.05) is 0 Å². The van der Waals surface area contributed by atoms with E-state index in [9.17, 15) is 0 Å². The molecule has 0 N–H and O–H groups in total. The Kier molecular flexibility index (Phi) is 8.14. The lowest BCUT2D eigenvalue weighted by molar-refractivity contribution is 1.10. The maximum atomic E-state index is 2.44. The van der Waals surface area contributed by atoms with Crippen molar-refractivity contribution in [1.29, 1.82) is 0 Å². The second-order valence-electron chi connectivity index (χ2n) is 13.6. The smallest absolute Gasteiger partial charge is 0.0542 e. The van der Waals surface area contributed by atoms with Crippen LogP contribution >= 0.6 is 0 Å². The van der Waals surface area contributed by atoms with Gasteiger partial charge in [-0.2, -0.15) is 0 Å². The fourth-order valence-electron chi connectivity index (χ4n) is 7.58. The van der Waals surface area contributed by atoms with E-state index < -0.39 is 0 Å². The molecule has 0 atom stereocenters. The van der Waals surface area contributed by atoms with Gasteiger partial charge in [0, 0.05) is 22.1 Å². The molecule has 2 heterocycles. The van der Waals surface area contributed by atoms with Crippen molar-refractivity contribution >= 4 is 21.8 Å². The van der Waals surface area contributed by atoms with E-state index in [0.29, 0.717) is 0 Å². The first-order valence-corrected chi connectivity index (χ1v) is 18.4. The van der Waals surface area contributed by atoms with Crippen molar-refractivity contribution < 1.29 is 0 Å². The van der Waals surface area contributed by atoms with E-state index in [4.69, 9.17) is 0 Å². The number of fused-ring (bicyclic) bond motifs is 2. The lowest BCUT2D eigenvalue weighted by Crippen LogP contribution is -1.98. The summed E-state index contributed by atoms with van der Waals surface area (Å²) in [6.07, 6.45) is 2.03. The van der Waals surface area contributed by atoms with Crippen LogP contribution in [0.1, 0.15) is 25.0 Å². The summed E-state index contributed by atoms with van der Waals surface area (Å²) in [4.78, 5) is 0. The topological polar surface area (TPSA) is 9.86 Å². The van der Waals surface area contributed by atoms with Gasteiger partial charge in [-0.15, -0.1) is 0 Å². The first kappa shape index (κ1) is 31.6. The Balaban J connectivity index is 1.24. The zero-order valence-electron chi connectivity index (χ0n) is 29.6. The average molecular weight is 669 g/mol. The highest BCUT2D eigenvalue weighted by atomic mass is 15.0. The summed E-state index contributed by atoms with van der Waals surface area (Å²) in [6.45, 7) is 4.42. The molecule has 0 unspecified atom stereocenters. The molecule has 0 radical (unpaired) electrons. The third-order valence-electron chi connectivity index (χ3n) is 10.5. The summed E-state index contributed by atoms with van der Waals surface area (Å²) < 4.78 is 4.88. The monoisotopic (exact) mass is 668 g/mol. The molecule has 0 aliphatic rings. The highest BCUT2D eigenvalue weighted by Gasteiger charge is 2.19. The van der Waals surface area contributed by atoms with Gasteiger partial charge < -0.3 is 9.13 Å². The molecule has 7 aromatic carbocycles. The minimum Gasteiger partial charge on any atom is -0.309 e. The van der Waals surface area contributed by atoms with Gasteiger partial charge in [-0.1, -0.05) is 147 Å². The number of benzene rings is 7. The van der Waals surface area contributed by atoms with Crippen LogP contribution in [-0.2, 0) is 12.8 Å². The molecule has 2 nitrogen and oxygen atoms in total. The number of nitrogens with zero attached hydrogens (tertiary/aromatic N) is 2. The summed E-state index contributed by atoms with van der Waals surface area (Å²) in [7, 11) is 0. The third-order valence-corrected chi connectivity index (χ3v) is 10.5. The van der Waals surface area contributed by atoms with E-state index in [2.05, 4.69) is 205 Å². The fourth-order valence-corrected chi connectivity index (χ4v) is 7.58. The van der Waals surface area contributed by atoms with Crippen LogP contribution in [0.15, 0.2) is 182 Å². The Morgan fingerprint density at radius 1 is 0.327 bits per heavy atom. The van der Waals surface area contributed by atoms with Crippen LogP contribution in [0.5, 0.6) is 0 Å². The summed E-state index contributed by atoms with van der Waals surface area (Å²) in [5.74, 6) is 0. The van der Waals surface area contributed by atoms with Gasteiger partial charge in [0.1, 0.15) is 0 Å². The van der Waals surface area contributed by atoms with Gasteiger partial charge in [0.2, 0.25) is 0 Å². The Morgan fingerprint density at radius 3 is 1.00 bits per heavy atom. The van der Waals surface area contributed by atoms with Crippen molar-refractivity contribution in [1.82, 2.24) is 9.13 Å². The predicted octanol–water partition coefficient (Wildman–Crippen LogP) is 13.4. The SMILES string of the molecule is CCc1ccc(-n2c(-c3ccc(-c4ccccc4)cc3)cc3cc4c(cc(-c5ccc(-c6ccccc6)cc5)n4-c4ccc(CC)cc4)cc32)cc1. The second-order valence-corrected chi connectivity index (χ2v) is 13.6. The highest BCUT2D eigenvalue weighted by molar-refractivity contribution is 6.02. The van der Waals surface area contributed by atoms with Gasteiger partial charge in [0.25, 0.3) is 0 Å². The minimum absolute atomic E-state index is 1.02. The van der Waals surface area contributed by atoms with E-state index in [1.54, 1.807) is 0 Å². The van der Waals surface area contributed by atoms with Gasteiger partial charge in [0.05, 0.1) is 22.4 Å². The largest absolute Gasteiger partial charge is 0.309 e. The quantitative estimate of drug-likeness (QED) is 0.152. The zero-order chi connectivity index (χ0) is 35.0. The van der Waals surface area contributed by atoms with Crippen molar-refractivity contribution in [3.05, 3.63) is 193 Å². The number of hydrogen-bond acceptors (Lipinski definition) is 0. The van der Waals surface area contributed by atoms with Crippen LogP contribution in [-0.4, -0.2) is 9.13 Å². The first-order valence-electron chi connectivity index (χ1n) is 18.4. The van der Waals surface area contributed by atoms with Crippen molar-refractivity contribution in [2.24, 2.45) is 0 Å². The van der Waals surface area contributed by atoms with Crippen LogP contribution < -0.4 is 0 Å². The number of aryl methyl sites for hydroxylation is 2. The van der Waals surface area contributed by atoms with Gasteiger partial charge in [-0.25, -0.2) is 0 Å². The van der Waals surface area contributed by atoms with Crippen LogP contribution in [0.3, 0.4) is 0 Å². The maximum Gasteiger partial charge on any atom is 0.0542 e. The molecule has 0 bridgehead atoms. The Bertz CT molecular complexity index is 2430. The van der Waals surface area contributed by atoms with Gasteiger partial charge in [-0.05, 0) is 106 Å². The molecule has 250 valence electrons. The average Bonchev–Trinajstić information content (AvgIpc) is 3.79. The summed E-state index contributed by atoms with van der Waals surface area (Å²) in [6, 6.07) is 66.9. The molecule has 0 aliphatic heterocycles. The number of hydrogen-bond donors (Lipinski definition) is 0. The van der Waals surface area contributed by atoms with Gasteiger partial charge in [-0.3, -0.25) is 0 Å². The van der Waals surface area contributed by atoms with Crippen molar-refractivity contribution in [3.63, 3.8) is 0 Å². The molecule has 0 saturated heterocycles. The molecular weight excluding hydrogens is 629 g/mol. The molecule has 9 rings (SSSR count). The molecule has 52 heavy (non-hydrogen) atoms. The highest BCUT2D eigenvalue weighted by Crippen LogP contribution is 2.39. The van der Waals surface area contributed by atoms with Crippen molar-refractivity contribution in [2.45, 2.75) is 26.7 Å². The minimum atomic E-state index is 1.02. The predicted molar refractivity (Wildman–Crippen MR) is 221 cm³/mol. The van der Waals surface area contributed by atoms with Crippen LogP contribution in [0.25, 0.3) is 77.9 Å². The molecular formula is C50H40N2. The normalized spacial score (nSPS) is 11.4. The van der Waals surface area contributed by atoms with Crippen LogP contribution in [0, 0.1) is 0 Å². The van der Waals surface area contributed by atoms with E-state index >= 15 is 0 Å². The maximum absolute atomic E-state index is 2.44. The molecule has 0 amide bonds. The summed E-state index contributed by atoms with van der Waals surface area (Å²) >= 11 is 0. The zero-order valence-corrected chi connectivity index (χ0v) is 29.6. The summed E-state index contributed by atoms with van der Waals surface area (Å²) in [5.41, 5.74) is 17.0. The molecule has 0 fully saturated rings. The van der Waals surface area contributed by atoms with Gasteiger partial charge in [0.15, 0.2) is 0 Å². The summed E-state index contributed by atoms with van der Waals surface area (Å²) in [5, 5.41) is 2.43. The van der Waals surface area contributed by atoms with Crippen LogP contribution in [0.4, 0.5) is 0 Å². The molecule has 0 aliphatic carbocycles. The number of rotatable bonds is 8. The van der Waals surface area contributed by atoms with E-state index in [0.717, 1.165) is 12.8 Å². The number of aromatic nitrogens is 2. The molecule has 2 heteroatoms. The first-order chi connectivity index (χ1) is 25.7. The lowest BCUT2D eigenvalue weighted by Gasteiger charge is -2.14. The Hall–Kier alpha value is -6.38. The molecule has 0 spiro atoms. The fraction of sp³-hybridized carbons (Fsp3) is 0.0800. The standard InChI is InChI=1S/C50H40N2/c1-3-35-15-27-45(28-16-35)51-47(41-23-19-39(20-24-41)37-11-7-5-8-12-37)31-43-34-50-44(33-49(43)51)32-48(52(50)46-29-17-36(4-2)18-30-46)42-25-21-40(22-26-42)38-13-9-6-10-14-38/h5-34H,3-4H2,1-2H3. The Morgan fingerprint density at radius 2 is 0.654 bits per heavy atom. The second kappa shape index (κ2) is 13.4. The molecule has 2 aromatic heterocycles. The molecule has 0 saturated carbocycles. The van der Waals surface area contributed by atoms with Crippen LogP contribution in [0.2, 0.25) is 0 Å². The molecule has 9 aromatic rings. The van der Waals surface area contributed by atoms with E-state index in [-0.39, 0.29) is 0 Å². The van der Waals surface area contributed by atoms with E-state index in [1.165, 1.54) is 89.1 Å². The third kappa shape index (κ3) is 5.73. The Labute approximate surface area is 305 Å². The lowest BCUT2D eigenvalue weighted by atomic mass is 10.0.